The minimum Gasteiger partial charge on any atom is -0.409 e. The van der Waals surface area contributed by atoms with Gasteiger partial charge in [-0.1, -0.05) is 5.16 Å². The van der Waals surface area contributed by atoms with Crippen LogP contribution in [0.25, 0.3) is 0 Å². The molecule has 15 heavy (non-hydrogen) atoms. The molecule has 0 saturated heterocycles. The number of aromatic nitrogens is 2. The number of aryl methyl sites for hydroxylation is 1. The molecule has 1 heterocycles. The Bertz CT molecular complexity index is 383. The van der Waals surface area contributed by atoms with Crippen LogP contribution in [0, 0.1) is 0 Å². The molecule has 1 aliphatic rings. The first-order chi connectivity index (χ1) is 7.24. The van der Waals surface area contributed by atoms with E-state index in [4.69, 9.17) is 10.9 Å². The standard InChI is InChI=1S/C10H16N4O/c1-7(10(11)13-15)14-6-12-8-4-2-3-5-9(8)14/h6-7,15H,2-5H2,1H3,(H2,11,13). The van der Waals surface area contributed by atoms with Gasteiger partial charge in [0.25, 0.3) is 0 Å². The SMILES string of the molecule is CC(C(N)=NO)n1cnc2c1CCCC2. The maximum Gasteiger partial charge on any atom is 0.162 e. The Kier molecular flexibility index (Phi) is 2.62. The maximum absolute atomic E-state index is 8.64. The minimum absolute atomic E-state index is 0.121. The Labute approximate surface area is 88.6 Å². The highest BCUT2D eigenvalue weighted by Crippen LogP contribution is 2.22. The van der Waals surface area contributed by atoms with E-state index in [1.807, 2.05) is 11.5 Å². The lowest BCUT2D eigenvalue weighted by Crippen LogP contribution is -2.25. The molecule has 1 aliphatic carbocycles. The third-order valence-corrected chi connectivity index (χ3v) is 3.02. The molecule has 0 amide bonds. The number of imidazole rings is 1. The summed E-state index contributed by atoms with van der Waals surface area (Å²) >= 11 is 0. The molecule has 2 rings (SSSR count). The van der Waals surface area contributed by atoms with Crippen LogP contribution in [0.4, 0.5) is 0 Å². The van der Waals surface area contributed by atoms with Gasteiger partial charge in [0, 0.05) is 5.69 Å². The molecule has 1 aromatic rings. The number of hydrogen-bond acceptors (Lipinski definition) is 3. The Morgan fingerprint density at radius 2 is 2.33 bits per heavy atom. The summed E-state index contributed by atoms with van der Waals surface area (Å²) in [7, 11) is 0. The van der Waals surface area contributed by atoms with Crippen LogP contribution >= 0.6 is 0 Å². The normalized spacial score (nSPS) is 18.6. The largest absolute Gasteiger partial charge is 0.409 e. The van der Waals surface area contributed by atoms with Gasteiger partial charge < -0.3 is 15.5 Å². The van der Waals surface area contributed by atoms with Crippen LogP contribution in [0.3, 0.4) is 0 Å². The third-order valence-electron chi connectivity index (χ3n) is 3.02. The number of oxime groups is 1. The van der Waals surface area contributed by atoms with E-state index in [0.717, 1.165) is 12.8 Å². The van der Waals surface area contributed by atoms with Crippen molar-refractivity contribution < 1.29 is 5.21 Å². The Morgan fingerprint density at radius 3 is 3.07 bits per heavy atom. The van der Waals surface area contributed by atoms with Crippen LogP contribution in [0.2, 0.25) is 0 Å². The Hall–Kier alpha value is -1.52. The number of hydrogen-bond donors (Lipinski definition) is 2. The maximum atomic E-state index is 8.64. The molecule has 3 N–H and O–H groups in total. The molecule has 0 fully saturated rings. The van der Waals surface area contributed by atoms with E-state index in [-0.39, 0.29) is 11.9 Å². The Balaban J connectivity index is 2.32. The lowest BCUT2D eigenvalue weighted by Gasteiger charge is -2.18. The summed E-state index contributed by atoms with van der Waals surface area (Å²) in [5.41, 5.74) is 7.99. The summed E-state index contributed by atoms with van der Waals surface area (Å²) in [6.07, 6.45) is 6.28. The summed E-state index contributed by atoms with van der Waals surface area (Å²) in [5.74, 6) is 0.223. The van der Waals surface area contributed by atoms with E-state index in [1.165, 1.54) is 24.2 Å². The van der Waals surface area contributed by atoms with Gasteiger partial charge in [-0.05, 0) is 32.6 Å². The molecule has 0 aromatic carbocycles. The second-order valence-electron chi connectivity index (χ2n) is 3.95. The van der Waals surface area contributed by atoms with Gasteiger partial charge in [0.15, 0.2) is 5.84 Å². The molecule has 5 heteroatoms. The summed E-state index contributed by atoms with van der Waals surface area (Å²) in [5, 5.41) is 11.7. The molecule has 5 nitrogen and oxygen atoms in total. The molecule has 82 valence electrons. The predicted octanol–water partition coefficient (Wildman–Crippen LogP) is 1.07. The minimum atomic E-state index is -0.121. The zero-order chi connectivity index (χ0) is 10.8. The summed E-state index contributed by atoms with van der Waals surface area (Å²) in [4.78, 5) is 4.37. The molecule has 1 atom stereocenters. The van der Waals surface area contributed by atoms with Crippen molar-refractivity contribution in [3.63, 3.8) is 0 Å². The molecular formula is C10H16N4O. The topological polar surface area (TPSA) is 76.4 Å². The zero-order valence-electron chi connectivity index (χ0n) is 8.85. The third kappa shape index (κ3) is 1.69. The van der Waals surface area contributed by atoms with Gasteiger partial charge in [0.05, 0.1) is 18.1 Å². The number of rotatable bonds is 2. The highest BCUT2D eigenvalue weighted by atomic mass is 16.4. The first kappa shape index (κ1) is 10.0. The van der Waals surface area contributed by atoms with Crippen LogP contribution < -0.4 is 5.73 Å². The first-order valence-electron chi connectivity index (χ1n) is 5.26. The molecule has 1 aromatic heterocycles. The highest BCUT2D eigenvalue weighted by molar-refractivity contribution is 5.83. The van der Waals surface area contributed by atoms with E-state index in [1.54, 1.807) is 6.33 Å². The fourth-order valence-electron chi connectivity index (χ4n) is 2.05. The summed E-state index contributed by atoms with van der Waals surface area (Å²) in [6, 6.07) is -0.121. The van der Waals surface area contributed by atoms with Crippen molar-refractivity contribution in [2.45, 2.75) is 38.6 Å². The molecule has 1 unspecified atom stereocenters. The van der Waals surface area contributed by atoms with Crippen molar-refractivity contribution in [1.82, 2.24) is 9.55 Å². The van der Waals surface area contributed by atoms with Crippen LogP contribution in [0.5, 0.6) is 0 Å². The number of nitrogens with two attached hydrogens (primary N) is 1. The van der Waals surface area contributed by atoms with E-state index in [9.17, 15) is 0 Å². The van der Waals surface area contributed by atoms with Crippen molar-refractivity contribution in [3.8, 4) is 0 Å². The van der Waals surface area contributed by atoms with Gasteiger partial charge in [0.1, 0.15) is 0 Å². The number of fused-ring (bicyclic) bond motifs is 1. The van der Waals surface area contributed by atoms with E-state index in [0.29, 0.717) is 0 Å². The molecule has 0 saturated carbocycles. The van der Waals surface area contributed by atoms with E-state index in [2.05, 4.69) is 10.1 Å². The van der Waals surface area contributed by atoms with Gasteiger partial charge in [-0.2, -0.15) is 0 Å². The first-order valence-corrected chi connectivity index (χ1v) is 5.26. The van der Waals surface area contributed by atoms with Gasteiger partial charge in [-0.3, -0.25) is 0 Å². The van der Waals surface area contributed by atoms with Gasteiger partial charge in [0.2, 0.25) is 0 Å². The zero-order valence-corrected chi connectivity index (χ0v) is 8.85. The van der Waals surface area contributed by atoms with Gasteiger partial charge in [-0.15, -0.1) is 0 Å². The van der Waals surface area contributed by atoms with Crippen molar-refractivity contribution in [2.75, 3.05) is 0 Å². The number of nitrogens with zero attached hydrogens (tertiary/aromatic N) is 3. The van der Waals surface area contributed by atoms with E-state index < -0.39 is 0 Å². The smallest absolute Gasteiger partial charge is 0.162 e. The second-order valence-corrected chi connectivity index (χ2v) is 3.95. The lowest BCUT2D eigenvalue weighted by atomic mass is 10.0. The molecule has 0 bridgehead atoms. The fraction of sp³-hybridized carbons (Fsp3) is 0.600. The Morgan fingerprint density at radius 1 is 1.60 bits per heavy atom. The van der Waals surface area contributed by atoms with Crippen molar-refractivity contribution in [3.05, 3.63) is 17.7 Å². The van der Waals surface area contributed by atoms with Crippen molar-refractivity contribution in [2.24, 2.45) is 10.9 Å². The molecule has 0 aliphatic heterocycles. The fourth-order valence-corrected chi connectivity index (χ4v) is 2.05. The van der Waals surface area contributed by atoms with Crippen molar-refractivity contribution >= 4 is 5.84 Å². The number of amidine groups is 1. The second kappa shape index (κ2) is 3.92. The summed E-state index contributed by atoms with van der Waals surface area (Å²) < 4.78 is 2.00. The van der Waals surface area contributed by atoms with Crippen LogP contribution in [0.15, 0.2) is 11.5 Å². The lowest BCUT2D eigenvalue weighted by molar-refractivity contribution is 0.314. The highest BCUT2D eigenvalue weighted by Gasteiger charge is 2.19. The van der Waals surface area contributed by atoms with Crippen molar-refractivity contribution in [1.29, 1.82) is 0 Å². The average molecular weight is 208 g/mol. The van der Waals surface area contributed by atoms with Gasteiger partial charge >= 0.3 is 0 Å². The monoisotopic (exact) mass is 208 g/mol. The van der Waals surface area contributed by atoms with Crippen LogP contribution in [-0.2, 0) is 12.8 Å². The molecule has 0 radical (unpaired) electrons. The van der Waals surface area contributed by atoms with Crippen LogP contribution in [-0.4, -0.2) is 20.6 Å². The molecule has 0 spiro atoms. The van der Waals surface area contributed by atoms with Gasteiger partial charge in [-0.25, -0.2) is 4.98 Å². The predicted molar refractivity (Wildman–Crippen MR) is 57.0 cm³/mol. The van der Waals surface area contributed by atoms with Crippen LogP contribution in [0.1, 0.15) is 37.2 Å². The molecular weight excluding hydrogens is 192 g/mol. The van der Waals surface area contributed by atoms with E-state index >= 15 is 0 Å². The quantitative estimate of drug-likeness (QED) is 0.330. The summed E-state index contributed by atoms with van der Waals surface area (Å²) in [6.45, 7) is 1.91. The average Bonchev–Trinajstić information content (AvgIpc) is 2.70.